The molecule has 1 amide bonds. The van der Waals surface area contributed by atoms with E-state index in [4.69, 9.17) is 9.84 Å². The third kappa shape index (κ3) is 4.61. The number of ether oxygens (including phenoxy) is 1. The smallest absolute Gasteiger partial charge is 0.335 e. The first kappa shape index (κ1) is 18.4. The van der Waals surface area contributed by atoms with Crippen LogP contribution in [0, 0.1) is 11.6 Å². The third-order valence-electron chi connectivity index (χ3n) is 3.30. The first-order valence-electron chi connectivity index (χ1n) is 7.47. The van der Waals surface area contributed by atoms with Gasteiger partial charge in [-0.15, -0.1) is 10.2 Å². The van der Waals surface area contributed by atoms with Gasteiger partial charge in [-0.2, -0.15) is 0 Å². The molecule has 0 fully saturated rings. The molecule has 0 saturated carbocycles. The second-order valence-electron chi connectivity index (χ2n) is 5.20. The van der Waals surface area contributed by atoms with Crippen LogP contribution in [0.5, 0.6) is 5.75 Å². The van der Waals surface area contributed by atoms with Gasteiger partial charge in [0.25, 0.3) is 5.91 Å². The Balaban J connectivity index is 1.59. The van der Waals surface area contributed by atoms with Crippen molar-refractivity contribution in [1.82, 2.24) is 10.2 Å². The van der Waals surface area contributed by atoms with E-state index in [-0.39, 0.29) is 22.9 Å². The highest BCUT2D eigenvalue weighted by atomic mass is 32.1. The number of nitrogens with zero attached hydrogens (tertiary/aromatic N) is 2. The van der Waals surface area contributed by atoms with Crippen LogP contribution in [0.3, 0.4) is 0 Å². The molecule has 0 bridgehead atoms. The average molecular weight is 391 g/mol. The van der Waals surface area contributed by atoms with E-state index in [1.807, 2.05) is 0 Å². The van der Waals surface area contributed by atoms with Crippen LogP contribution in [-0.2, 0) is 6.61 Å². The number of carboxylic acid groups (broad SMARTS) is 1. The Hall–Kier alpha value is -3.40. The van der Waals surface area contributed by atoms with Crippen molar-refractivity contribution in [2.24, 2.45) is 0 Å². The molecule has 27 heavy (non-hydrogen) atoms. The molecule has 7 nitrogen and oxygen atoms in total. The summed E-state index contributed by atoms with van der Waals surface area (Å²) in [5.41, 5.74) is 0.222. The van der Waals surface area contributed by atoms with E-state index >= 15 is 0 Å². The lowest BCUT2D eigenvalue weighted by molar-refractivity contribution is 0.0696. The summed E-state index contributed by atoms with van der Waals surface area (Å²) in [4.78, 5) is 22.9. The van der Waals surface area contributed by atoms with Gasteiger partial charge in [-0.25, -0.2) is 13.6 Å². The van der Waals surface area contributed by atoms with Crippen LogP contribution in [0.2, 0.25) is 0 Å². The van der Waals surface area contributed by atoms with E-state index in [0.29, 0.717) is 10.8 Å². The van der Waals surface area contributed by atoms with Crippen LogP contribution in [0.25, 0.3) is 0 Å². The van der Waals surface area contributed by atoms with Gasteiger partial charge in [0.15, 0.2) is 16.6 Å². The zero-order chi connectivity index (χ0) is 19.4. The van der Waals surface area contributed by atoms with E-state index < -0.39 is 23.5 Å². The Labute approximate surface area is 155 Å². The highest BCUT2D eigenvalue weighted by Gasteiger charge is 2.14. The number of aromatic nitrogens is 2. The molecule has 3 rings (SSSR count). The standard InChI is InChI=1S/C17H11F2N3O4S/c18-12-6-3-10(7-13(12)19)20-15(23)16-22-21-14(27-16)8-26-11-4-1-9(2-5-11)17(24)25/h1-7H,8H2,(H,20,23)(H,24,25). The number of carboxylic acids is 1. The second-order valence-corrected chi connectivity index (χ2v) is 6.26. The van der Waals surface area contributed by atoms with E-state index in [0.717, 1.165) is 23.5 Å². The van der Waals surface area contributed by atoms with Crippen LogP contribution >= 0.6 is 11.3 Å². The minimum absolute atomic E-state index is 0.0274. The van der Waals surface area contributed by atoms with E-state index in [9.17, 15) is 18.4 Å². The molecule has 2 aromatic carbocycles. The number of rotatable bonds is 6. The van der Waals surface area contributed by atoms with Crippen molar-refractivity contribution in [2.45, 2.75) is 6.61 Å². The number of benzene rings is 2. The van der Waals surface area contributed by atoms with Gasteiger partial charge < -0.3 is 15.2 Å². The number of amides is 1. The molecule has 2 N–H and O–H groups in total. The van der Waals surface area contributed by atoms with Crippen LogP contribution in [0.4, 0.5) is 14.5 Å². The number of hydrogen-bond donors (Lipinski definition) is 2. The van der Waals surface area contributed by atoms with Crippen molar-refractivity contribution < 1.29 is 28.2 Å². The van der Waals surface area contributed by atoms with Gasteiger partial charge in [0.2, 0.25) is 5.01 Å². The molecule has 0 atom stereocenters. The maximum atomic E-state index is 13.2. The molecule has 1 heterocycles. The highest BCUT2D eigenvalue weighted by Crippen LogP contribution is 2.18. The number of halogens is 2. The average Bonchev–Trinajstić information content (AvgIpc) is 3.12. The molecule has 138 valence electrons. The Bertz CT molecular complexity index is 992. The highest BCUT2D eigenvalue weighted by molar-refractivity contribution is 7.13. The minimum atomic E-state index is -1.08. The molecular formula is C17H11F2N3O4S. The molecule has 0 aliphatic rings. The third-order valence-corrected chi connectivity index (χ3v) is 4.20. The molecule has 0 unspecified atom stereocenters. The van der Waals surface area contributed by atoms with E-state index in [1.54, 1.807) is 0 Å². The molecule has 1 aromatic heterocycles. The predicted octanol–water partition coefficient (Wildman–Crippen LogP) is 3.35. The summed E-state index contributed by atoms with van der Waals surface area (Å²) < 4.78 is 31.5. The van der Waals surface area contributed by atoms with Crippen LogP contribution in [-0.4, -0.2) is 27.2 Å². The normalized spacial score (nSPS) is 10.4. The van der Waals surface area contributed by atoms with Gasteiger partial charge in [-0.05, 0) is 36.4 Å². The van der Waals surface area contributed by atoms with Crippen molar-refractivity contribution in [3.05, 3.63) is 69.7 Å². The summed E-state index contributed by atoms with van der Waals surface area (Å²) in [6.45, 7) is 0.0303. The van der Waals surface area contributed by atoms with E-state index in [2.05, 4.69) is 15.5 Å². The zero-order valence-corrected chi connectivity index (χ0v) is 14.3. The Kier molecular flexibility index (Phi) is 5.36. The van der Waals surface area contributed by atoms with Gasteiger partial charge in [-0.3, -0.25) is 4.79 Å². The Morgan fingerprint density at radius 2 is 1.81 bits per heavy atom. The summed E-state index contributed by atoms with van der Waals surface area (Å²) in [5.74, 6) is -3.31. The van der Waals surface area contributed by atoms with E-state index in [1.165, 1.54) is 30.3 Å². The predicted molar refractivity (Wildman–Crippen MR) is 92.0 cm³/mol. The fraction of sp³-hybridized carbons (Fsp3) is 0.0588. The molecule has 0 saturated heterocycles. The molecule has 3 aromatic rings. The Morgan fingerprint density at radius 3 is 2.48 bits per heavy atom. The summed E-state index contributed by atoms with van der Waals surface area (Å²) in [7, 11) is 0. The molecule has 10 heteroatoms. The van der Waals surface area contributed by atoms with Gasteiger partial charge in [0.1, 0.15) is 12.4 Å². The SMILES string of the molecule is O=C(O)c1ccc(OCc2nnc(C(=O)Nc3ccc(F)c(F)c3)s2)cc1. The largest absolute Gasteiger partial charge is 0.486 e. The number of anilines is 1. The van der Waals surface area contributed by atoms with Gasteiger partial charge >= 0.3 is 5.97 Å². The lowest BCUT2D eigenvalue weighted by atomic mass is 10.2. The first-order valence-corrected chi connectivity index (χ1v) is 8.29. The number of hydrogen-bond acceptors (Lipinski definition) is 6. The fourth-order valence-corrected chi connectivity index (χ4v) is 2.65. The summed E-state index contributed by atoms with van der Waals surface area (Å²) in [5, 5.41) is 19.2. The minimum Gasteiger partial charge on any atom is -0.486 e. The van der Waals surface area contributed by atoms with Crippen molar-refractivity contribution in [2.75, 3.05) is 5.32 Å². The number of carbonyl (C=O) groups is 2. The lowest BCUT2D eigenvalue weighted by Crippen LogP contribution is -2.11. The van der Waals surface area contributed by atoms with Gasteiger partial charge in [0.05, 0.1) is 5.56 Å². The number of nitrogens with one attached hydrogen (secondary N) is 1. The summed E-state index contributed by atoms with van der Waals surface area (Å²) >= 11 is 0.974. The molecular weight excluding hydrogens is 380 g/mol. The molecule has 0 aliphatic heterocycles. The first-order chi connectivity index (χ1) is 12.9. The van der Waals surface area contributed by atoms with Crippen LogP contribution < -0.4 is 10.1 Å². The van der Waals surface area contributed by atoms with Crippen molar-refractivity contribution in [1.29, 1.82) is 0 Å². The summed E-state index contributed by atoms with van der Waals surface area (Å²) in [6, 6.07) is 8.79. The molecule has 0 spiro atoms. The maximum Gasteiger partial charge on any atom is 0.335 e. The van der Waals surface area contributed by atoms with Gasteiger partial charge in [0, 0.05) is 11.8 Å². The van der Waals surface area contributed by atoms with Gasteiger partial charge in [-0.1, -0.05) is 11.3 Å². The van der Waals surface area contributed by atoms with Crippen molar-refractivity contribution in [3.8, 4) is 5.75 Å². The molecule has 0 aliphatic carbocycles. The Morgan fingerprint density at radius 1 is 1.07 bits per heavy atom. The van der Waals surface area contributed by atoms with Crippen molar-refractivity contribution in [3.63, 3.8) is 0 Å². The van der Waals surface area contributed by atoms with Crippen LogP contribution in [0.15, 0.2) is 42.5 Å². The maximum absolute atomic E-state index is 13.2. The lowest BCUT2D eigenvalue weighted by Gasteiger charge is -2.04. The molecule has 0 radical (unpaired) electrons. The van der Waals surface area contributed by atoms with Crippen LogP contribution in [0.1, 0.15) is 25.2 Å². The summed E-state index contributed by atoms with van der Waals surface area (Å²) in [6.07, 6.45) is 0. The second kappa shape index (κ2) is 7.87. The number of carbonyl (C=O) groups excluding carboxylic acids is 1. The monoisotopic (exact) mass is 391 g/mol. The number of aromatic carboxylic acids is 1. The fourth-order valence-electron chi connectivity index (χ4n) is 2.00. The zero-order valence-electron chi connectivity index (χ0n) is 13.5. The quantitative estimate of drug-likeness (QED) is 0.668. The topological polar surface area (TPSA) is 101 Å². The van der Waals surface area contributed by atoms with Crippen molar-refractivity contribution >= 4 is 28.9 Å².